The fourth-order valence-electron chi connectivity index (χ4n) is 1.63. The lowest BCUT2D eigenvalue weighted by atomic mass is 10.2. The number of hydrogen-bond donors (Lipinski definition) is 2. The molecule has 1 saturated carbocycles. The van der Waals surface area contributed by atoms with Gasteiger partial charge in [0.05, 0.1) is 6.42 Å². The maximum atomic E-state index is 10.7. The number of rotatable bonds is 5. The van der Waals surface area contributed by atoms with Gasteiger partial charge in [0, 0.05) is 19.3 Å². The number of aliphatic carboxylic acids is 2. The Hall–Kier alpha value is -1.72. The van der Waals surface area contributed by atoms with E-state index in [1.54, 1.807) is 0 Å². The molecule has 0 amide bonds. The summed E-state index contributed by atoms with van der Waals surface area (Å²) in [5.74, 6) is -2.40. The highest BCUT2D eigenvalue weighted by Gasteiger charge is 2.09. The molecule has 6 nitrogen and oxygen atoms in total. The third-order valence-electron chi connectivity index (χ3n) is 2.63. The van der Waals surface area contributed by atoms with Crippen molar-refractivity contribution in [2.45, 2.75) is 57.8 Å². The highest BCUT2D eigenvalue weighted by Crippen LogP contribution is 2.12. The Morgan fingerprint density at radius 1 is 0.842 bits per heavy atom. The van der Waals surface area contributed by atoms with Crippen LogP contribution in [-0.4, -0.2) is 33.7 Å². The van der Waals surface area contributed by atoms with E-state index in [1.807, 2.05) is 0 Å². The van der Waals surface area contributed by atoms with Crippen molar-refractivity contribution < 1.29 is 29.4 Å². The first-order valence-corrected chi connectivity index (χ1v) is 6.39. The molecule has 2 N–H and O–H groups in total. The van der Waals surface area contributed by atoms with Crippen LogP contribution in [0.25, 0.3) is 0 Å². The summed E-state index contributed by atoms with van der Waals surface area (Å²) in [6.07, 6.45) is 5.41. The average Bonchev–Trinajstić information content (AvgIpc) is 2.54. The van der Waals surface area contributed by atoms with Crippen LogP contribution in [0.1, 0.15) is 57.8 Å². The number of carboxylic acids is 2. The molecular formula is C13H20O6. The highest BCUT2D eigenvalue weighted by atomic mass is 16.4. The van der Waals surface area contributed by atoms with Gasteiger partial charge in [-0.1, -0.05) is 12.8 Å². The third kappa shape index (κ3) is 12.5. The van der Waals surface area contributed by atoms with Gasteiger partial charge in [0.1, 0.15) is 18.0 Å². The van der Waals surface area contributed by atoms with Crippen LogP contribution >= 0.6 is 0 Å². The number of ketones is 2. The van der Waals surface area contributed by atoms with Crippen molar-refractivity contribution in [2.24, 2.45) is 0 Å². The van der Waals surface area contributed by atoms with E-state index in [1.165, 1.54) is 12.8 Å². The molecule has 1 aliphatic rings. The van der Waals surface area contributed by atoms with Crippen molar-refractivity contribution in [1.29, 1.82) is 0 Å². The number of Topliss-reactive ketones (excluding diaryl/α,β-unsaturated/α-hetero) is 2. The molecule has 108 valence electrons. The largest absolute Gasteiger partial charge is 0.481 e. The monoisotopic (exact) mass is 272 g/mol. The lowest BCUT2D eigenvalue weighted by Gasteiger charge is -1.92. The minimum absolute atomic E-state index is 0.207. The molecule has 0 bridgehead atoms. The van der Waals surface area contributed by atoms with Crippen molar-refractivity contribution in [3.8, 4) is 0 Å². The first-order chi connectivity index (χ1) is 8.91. The molecular weight excluding hydrogens is 252 g/mol. The molecule has 0 aromatic carbocycles. The number of carboxylic acid groups (broad SMARTS) is 2. The Morgan fingerprint density at radius 2 is 1.37 bits per heavy atom. The van der Waals surface area contributed by atoms with Crippen LogP contribution in [0.15, 0.2) is 0 Å². The summed E-state index contributed by atoms with van der Waals surface area (Å²) in [5, 5.41) is 16.2. The zero-order valence-electron chi connectivity index (χ0n) is 10.9. The lowest BCUT2D eigenvalue weighted by molar-refractivity contribution is -0.142. The molecule has 0 radical (unpaired) electrons. The molecule has 0 aromatic heterocycles. The van der Waals surface area contributed by atoms with Gasteiger partial charge in [-0.15, -0.1) is 0 Å². The number of hydrogen-bond acceptors (Lipinski definition) is 4. The van der Waals surface area contributed by atoms with Crippen LogP contribution in [0.5, 0.6) is 0 Å². The minimum atomic E-state index is -1.22. The highest BCUT2D eigenvalue weighted by molar-refractivity contribution is 5.95. The molecule has 1 aliphatic carbocycles. The quantitative estimate of drug-likeness (QED) is 0.583. The molecule has 0 aliphatic heterocycles. The van der Waals surface area contributed by atoms with Crippen molar-refractivity contribution in [3.63, 3.8) is 0 Å². The Kier molecular flexibility index (Phi) is 9.30. The summed E-state index contributed by atoms with van der Waals surface area (Å²) >= 11 is 0. The lowest BCUT2D eigenvalue weighted by Crippen LogP contribution is -2.08. The normalized spacial score (nSPS) is 14.8. The first kappa shape index (κ1) is 17.3. The number of carbonyl (C=O) groups excluding carboxylic acids is 2. The molecule has 6 heteroatoms. The van der Waals surface area contributed by atoms with E-state index >= 15 is 0 Å². The second kappa shape index (κ2) is 10.2. The van der Waals surface area contributed by atoms with Crippen LogP contribution in [0, 0.1) is 0 Å². The fourth-order valence-corrected chi connectivity index (χ4v) is 1.63. The summed E-state index contributed by atoms with van der Waals surface area (Å²) in [4.78, 5) is 41.0. The van der Waals surface area contributed by atoms with E-state index in [9.17, 15) is 19.2 Å². The topological polar surface area (TPSA) is 109 Å². The van der Waals surface area contributed by atoms with Crippen molar-refractivity contribution in [3.05, 3.63) is 0 Å². The van der Waals surface area contributed by atoms with Gasteiger partial charge in [-0.2, -0.15) is 0 Å². The maximum absolute atomic E-state index is 10.7. The molecule has 1 fully saturated rings. The van der Waals surface area contributed by atoms with Gasteiger partial charge < -0.3 is 10.2 Å². The van der Waals surface area contributed by atoms with Gasteiger partial charge >= 0.3 is 11.9 Å². The fraction of sp³-hybridized carbons (Fsp3) is 0.692. The molecule has 0 heterocycles. The van der Waals surface area contributed by atoms with Crippen LogP contribution < -0.4 is 0 Å². The van der Waals surface area contributed by atoms with Crippen molar-refractivity contribution in [2.75, 3.05) is 0 Å². The van der Waals surface area contributed by atoms with Gasteiger partial charge in [0.15, 0.2) is 0 Å². The Bertz CT molecular complexity index is 324. The zero-order chi connectivity index (χ0) is 14.7. The Labute approximate surface area is 111 Å². The second-order valence-electron chi connectivity index (χ2n) is 4.46. The van der Waals surface area contributed by atoms with Gasteiger partial charge in [-0.05, 0) is 12.8 Å². The number of carbonyl (C=O) groups is 4. The smallest absolute Gasteiger partial charge is 0.310 e. The first-order valence-electron chi connectivity index (χ1n) is 6.39. The SMILES string of the molecule is O=C(O)CCC(=O)CC(=O)O.O=C1CCCCCC1. The average molecular weight is 272 g/mol. The standard InChI is InChI=1S/C7H12O.C6H8O5/c8-7-5-3-1-2-4-6-7;7-4(3-6(10)11)1-2-5(8)9/h1-6H2;1-3H2,(H,8,9)(H,10,11). The van der Waals surface area contributed by atoms with E-state index in [0.29, 0.717) is 5.78 Å². The van der Waals surface area contributed by atoms with Crippen molar-refractivity contribution in [1.82, 2.24) is 0 Å². The minimum Gasteiger partial charge on any atom is -0.481 e. The molecule has 0 atom stereocenters. The summed E-state index contributed by atoms with van der Waals surface area (Å²) in [5.41, 5.74) is 0. The summed E-state index contributed by atoms with van der Waals surface area (Å²) in [7, 11) is 0. The van der Waals surface area contributed by atoms with Gasteiger partial charge in [-0.3, -0.25) is 19.2 Å². The molecule has 0 spiro atoms. The molecule has 1 rings (SSSR count). The van der Waals surface area contributed by atoms with E-state index in [4.69, 9.17) is 10.2 Å². The van der Waals surface area contributed by atoms with Crippen LogP contribution in [-0.2, 0) is 19.2 Å². The summed E-state index contributed by atoms with van der Waals surface area (Å²) < 4.78 is 0. The molecule has 0 unspecified atom stereocenters. The second-order valence-corrected chi connectivity index (χ2v) is 4.46. The van der Waals surface area contributed by atoms with Gasteiger partial charge in [0.2, 0.25) is 0 Å². The molecule has 0 aromatic rings. The molecule has 19 heavy (non-hydrogen) atoms. The Balaban J connectivity index is 0.000000356. The third-order valence-corrected chi connectivity index (χ3v) is 2.63. The van der Waals surface area contributed by atoms with Crippen LogP contribution in [0.3, 0.4) is 0 Å². The summed E-state index contributed by atoms with van der Waals surface area (Å²) in [6.45, 7) is 0. The van der Waals surface area contributed by atoms with E-state index in [0.717, 1.165) is 25.7 Å². The van der Waals surface area contributed by atoms with E-state index in [-0.39, 0.29) is 12.8 Å². The Morgan fingerprint density at radius 3 is 1.79 bits per heavy atom. The van der Waals surface area contributed by atoms with Gasteiger partial charge in [0.25, 0.3) is 0 Å². The molecule has 0 saturated heterocycles. The predicted molar refractivity (Wildman–Crippen MR) is 66.8 cm³/mol. The zero-order valence-corrected chi connectivity index (χ0v) is 10.9. The maximum Gasteiger partial charge on any atom is 0.310 e. The van der Waals surface area contributed by atoms with E-state index in [2.05, 4.69) is 0 Å². The summed E-state index contributed by atoms with van der Waals surface area (Å²) in [6, 6.07) is 0. The van der Waals surface area contributed by atoms with E-state index < -0.39 is 24.1 Å². The predicted octanol–water partition coefficient (Wildman–Crippen LogP) is 1.80. The van der Waals surface area contributed by atoms with Crippen molar-refractivity contribution >= 4 is 23.5 Å². The van der Waals surface area contributed by atoms with Crippen LogP contribution in [0.2, 0.25) is 0 Å². The van der Waals surface area contributed by atoms with Crippen LogP contribution in [0.4, 0.5) is 0 Å². The van der Waals surface area contributed by atoms with Gasteiger partial charge in [-0.25, -0.2) is 0 Å².